The van der Waals surface area contributed by atoms with E-state index in [2.05, 4.69) is 56.8 Å². The van der Waals surface area contributed by atoms with Gasteiger partial charge in [-0.3, -0.25) is 37.8 Å². The normalized spacial score (nSPS) is 16.7. The van der Waals surface area contributed by atoms with Crippen LogP contribution >= 0.6 is 0 Å². The van der Waals surface area contributed by atoms with E-state index in [1.165, 1.54) is 12.8 Å². The fraction of sp³-hybridized carbons (Fsp3) is 0.829. The van der Waals surface area contributed by atoms with Crippen LogP contribution in [-0.4, -0.2) is 186 Å². The Bertz CT molecular complexity index is 2200. The fourth-order valence-corrected chi connectivity index (χ4v) is 9.77. The quantitative estimate of drug-likeness (QED) is 0.110. The highest BCUT2D eigenvalue weighted by Crippen LogP contribution is 2.25. The molecule has 7 amide bonds. The number of hydrogen-bond acceptors (Lipinski definition) is 10. The van der Waals surface area contributed by atoms with E-state index >= 15 is 0 Å². The van der Waals surface area contributed by atoms with Crippen molar-refractivity contribution in [1.29, 1.82) is 0 Å². The summed E-state index contributed by atoms with van der Waals surface area (Å²) in [6.45, 7) is 62.1. The van der Waals surface area contributed by atoms with E-state index in [1.807, 2.05) is 151 Å². The van der Waals surface area contributed by atoms with Crippen molar-refractivity contribution in [2.75, 3.05) is 91.8 Å². The summed E-state index contributed by atoms with van der Waals surface area (Å²) in [7, 11) is -0.502. The number of piperazine rings is 1. The van der Waals surface area contributed by atoms with Gasteiger partial charge >= 0.3 is 0 Å². The number of rotatable bonds is 13. The first-order valence-corrected chi connectivity index (χ1v) is 34.7. The van der Waals surface area contributed by atoms with Gasteiger partial charge in [0.2, 0.25) is 41.4 Å². The number of likely N-dealkylation sites (tertiary alicyclic amines) is 3. The maximum Gasteiger partial charge on any atom is 0.228 e. The average molecular weight is 1300 g/mol. The number of piperidine rings is 3. The zero-order valence-electron chi connectivity index (χ0n) is 60.6. The average Bonchev–Trinajstić information content (AvgIpc) is 1.31. The van der Waals surface area contributed by atoms with Gasteiger partial charge in [-0.2, -0.15) is 0 Å². The zero-order valence-corrected chi connectivity index (χ0v) is 61.4. The lowest BCUT2D eigenvalue weighted by Crippen LogP contribution is -2.50. The lowest BCUT2D eigenvalue weighted by Gasteiger charge is -2.38. The molecule has 4 aliphatic heterocycles. The van der Waals surface area contributed by atoms with Gasteiger partial charge < -0.3 is 45.8 Å². The number of nitrogens with zero attached hydrogens (tertiary/aromatic N) is 5. The van der Waals surface area contributed by atoms with E-state index in [0.29, 0.717) is 18.4 Å². The molecule has 4 rings (SSSR count). The number of alkyl halides is 1. The van der Waals surface area contributed by atoms with E-state index in [4.69, 9.17) is 0 Å². The fourth-order valence-electron chi connectivity index (χ4n) is 8.83. The van der Waals surface area contributed by atoms with Crippen molar-refractivity contribution in [3.8, 4) is 0 Å². The lowest BCUT2D eigenvalue weighted by molar-refractivity contribution is -0.141. The van der Waals surface area contributed by atoms with Crippen LogP contribution in [0, 0.1) is 45.3 Å². The van der Waals surface area contributed by atoms with Gasteiger partial charge in [0.1, 0.15) is 6.17 Å². The van der Waals surface area contributed by atoms with Crippen LogP contribution in [0.1, 0.15) is 225 Å². The Morgan fingerprint density at radius 3 is 1.08 bits per heavy atom. The van der Waals surface area contributed by atoms with Crippen LogP contribution in [0.4, 0.5) is 4.39 Å². The summed E-state index contributed by atoms with van der Waals surface area (Å²) in [4.78, 5) is 90.1. The molecule has 0 aliphatic carbocycles. The molecule has 4 heterocycles. The van der Waals surface area contributed by atoms with E-state index in [1.54, 1.807) is 34.1 Å². The van der Waals surface area contributed by atoms with Crippen molar-refractivity contribution in [3.05, 3.63) is 24.6 Å². The van der Waals surface area contributed by atoms with Gasteiger partial charge in [0.05, 0.1) is 0 Å². The second-order valence-electron chi connectivity index (χ2n) is 29.3. The molecule has 0 aromatic heterocycles. The Kier molecular flexibility index (Phi) is 47.6. The topological polar surface area (TPSA) is 213 Å². The number of nitrogens with one attached hydrogen (secondary N) is 5. The maximum absolute atomic E-state index is 12.5. The standard InChI is InChI=1S/C13H24N2O.C12H24N2O2S.C12H22N2O.C11H21NO.C8H16FNO.C7H15NO.C5H11NO.2CH4/c1-10(2)14-11-6-8-15(9-7-11)12(16)13(3,4)5;1-12(2,3)11(15)14-8-6-10(7-9-14)13-17(4,5)16;1-10(2)13-6-8-14(9-7-13)11(15)12(3,4)5;1-9-5-7-12(8-6-9)10(13)11(2,3)4;1-4-7(9)5-10-8(11)6(2)3;1-4-5-8-7(9)6(2)3;1-4(2)5(7)6-3;;/h11,14H,1,6-9H2,2-5H3;10H,4,6-9H2,1-3,5H3,(H,13,16);1,6-9H2,2-5H3;9H,5-8H2,1-4H3;6-7H,4-5H2,1-3H3,(H,10,11);6H,4-5H2,1-3H3,(H,8,9);4H,1-3H3,(H,6,7);2*1H4. The number of halogens is 1. The molecule has 0 aromatic carbocycles. The molecule has 0 spiro atoms. The minimum Gasteiger partial charge on any atom is -0.386 e. The highest BCUT2D eigenvalue weighted by Gasteiger charge is 2.33. The van der Waals surface area contributed by atoms with Gasteiger partial charge in [-0.05, 0) is 77.0 Å². The Balaban J connectivity index is -0.000000316. The highest BCUT2D eigenvalue weighted by molar-refractivity contribution is 7.97. The third-order valence-corrected chi connectivity index (χ3v) is 15.3. The molecular weight excluding hydrogens is 1160 g/mol. The van der Waals surface area contributed by atoms with Crippen LogP contribution in [0.15, 0.2) is 24.6 Å². The van der Waals surface area contributed by atoms with Crippen LogP contribution in [-0.2, 0) is 43.3 Å². The van der Waals surface area contributed by atoms with Gasteiger partial charge in [-0.1, -0.05) is 173 Å². The maximum atomic E-state index is 12.5. The Morgan fingerprint density at radius 2 is 0.822 bits per heavy atom. The second-order valence-corrected chi connectivity index (χ2v) is 31.5. The molecule has 20 heteroatoms. The molecule has 5 N–H and O–H groups in total. The largest absolute Gasteiger partial charge is 0.386 e. The van der Waals surface area contributed by atoms with E-state index < -0.39 is 15.9 Å². The third kappa shape index (κ3) is 43.9. The molecule has 4 fully saturated rings. The van der Waals surface area contributed by atoms with Crippen LogP contribution in [0.5, 0.6) is 0 Å². The smallest absolute Gasteiger partial charge is 0.228 e. The Labute approximate surface area is 552 Å². The summed E-state index contributed by atoms with van der Waals surface area (Å²) in [6.07, 6.45) is 8.26. The first kappa shape index (κ1) is 94.0. The predicted molar refractivity (Wildman–Crippen MR) is 381 cm³/mol. The van der Waals surface area contributed by atoms with Crippen LogP contribution in [0.25, 0.3) is 0 Å². The van der Waals surface area contributed by atoms with E-state index in [-0.39, 0.29) is 102 Å². The molecule has 2 atom stereocenters. The summed E-state index contributed by atoms with van der Waals surface area (Å²) in [5.41, 5.74) is 1.07. The number of carbonyl (C=O) groups is 7. The molecule has 0 bridgehead atoms. The molecule has 0 saturated carbocycles. The highest BCUT2D eigenvalue weighted by atomic mass is 32.2. The minimum atomic E-state index is -2.14. The number of carbonyl (C=O) groups excluding carboxylic acids is 7. The number of hydrogen-bond donors (Lipinski definition) is 5. The molecule has 2 unspecified atom stereocenters. The molecular formula is C70H141FN10O8S. The Morgan fingerprint density at radius 1 is 0.522 bits per heavy atom. The van der Waals surface area contributed by atoms with Crippen LogP contribution in [0.2, 0.25) is 0 Å². The molecule has 4 saturated heterocycles. The summed E-state index contributed by atoms with van der Waals surface area (Å²) >= 11 is 0. The molecule has 0 radical (unpaired) electrons. The molecule has 532 valence electrons. The first-order chi connectivity index (χ1) is 40.1. The second kappa shape index (κ2) is 45.6. The first-order valence-electron chi connectivity index (χ1n) is 32.6. The van der Waals surface area contributed by atoms with Crippen molar-refractivity contribution in [2.24, 2.45) is 45.3 Å². The third-order valence-electron chi connectivity index (χ3n) is 14.5. The van der Waals surface area contributed by atoms with Gasteiger partial charge in [0.25, 0.3) is 0 Å². The van der Waals surface area contributed by atoms with E-state index in [9.17, 15) is 42.2 Å². The molecule has 18 nitrogen and oxygen atoms in total. The van der Waals surface area contributed by atoms with Crippen molar-refractivity contribution in [2.45, 2.75) is 244 Å². The summed E-state index contributed by atoms with van der Waals surface area (Å²) < 4.78 is 27.1. The monoisotopic (exact) mass is 1300 g/mol. The molecule has 4 aliphatic rings. The zero-order chi connectivity index (χ0) is 69.3. The van der Waals surface area contributed by atoms with Crippen molar-refractivity contribution >= 4 is 56.9 Å². The minimum absolute atomic E-state index is 0. The SMILES string of the molecule is C.C.C=C(C)N1CCN(C(=O)C(C)(C)C)CC1.C=C(C)NC1CCN(C(=O)C(C)(C)C)CC1.C=S(C)(=O)NC1CCN(C(=O)C(C)(C)C)CC1.CC1CCN(C(=O)C(C)(C)C)CC1.CCC(F)CNC(=O)C(C)C.CCCNC(=O)C(C)C.CNC(=O)C(C)C. The number of allylic oxidation sites excluding steroid dienone is 2. The molecule has 0 aromatic rings. The van der Waals surface area contributed by atoms with Crippen molar-refractivity contribution < 1.29 is 42.2 Å². The Hall–Kier alpha value is -4.72. The van der Waals surface area contributed by atoms with Gasteiger partial charge in [-0.15, -0.1) is 0 Å². The van der Waals surface area contributed by atoms with E-state index in [0.717, 1.165) is 121 Å². The predicted octanol–water partition coefficient (Wildman–Crippen LogP) is 11.4. The van der Waals surface area contributed by atoms with Crippen molar-refractivity contribution in [1.82, 2.24) is 50.5 Å². The van der Waals surface area contributed by atoms with Gasteiger partial charge in [0, 0.05) is 164 Å². The lowest BCUT2D eigenvalue weighted by atomic mass is 9.92. The summed E-state index contributed by atoms with van der Waals surface area (Å²) in [6, 6.07) is 0.704. The summed E-state index contributed by atoms with van der Waals surface area (Å²) in [5.74, 6) is 5.76. The van der Waals surface area contributed by atoms with Gasteiger partial charge in [-0.25, -0.2) is 9.11 Å². The van der Waals surface area contributed by atoms with Crippen LogP contribution < -0.4 is 26.0 Å². The van der Waals surface area contributed by atoms with Crippen molar-refractivity contribution in [3.63, 3.8) is 0 Å². The molecule has 90 heavy (non-hydrogen) atoms. The number of amides is 7. The summed E-state index contributed by atoms with van der Waals surface area (Å²) in [5, 5.41) is 11.2. The van der Waals surface area contributed by atoms with Gasteiger partial charge in [0.15, 0.2) is 0 Å². The van der Waals surface area contributed by atoms with Crippen LogP contribution in [0.3, 0.4) is 0 Å².